The van der Waals surface area contributed by atoms with Gasteiger partial charge < -0.3 is 28.8 Å². The van der Waals surface area contributed by atoms with Gasteiger partial charge in [0.1, 0.15) is 13.2 Å². The van der Waals surface area contributed by atoms with E-state index in [1.165, 1.54) is 103 Å². The molecule has 1 amide bonds. The summed E-state index contributed by atoms with van der Waals surface area (Å²) in [5.41, 5.74) is 0. The zero-order valence-corrected chi connectivity index (χ0v) is 37.7. The predicted octanol–water partition coefficient (Wildman–Crippen LogP) is 12.0. The summed E-state index contributed by atoms with van der Waals surface area (Å²) in [4.78, 5) is 24.9. The molecule has 0 heterocycles. The second-order valence-electron chi connectivity index (χ2n) is 16.4. The Kier molecular flexibility index (Phi) is 37.5. The third kappa shape index (κ3) is 40.4. The van der Waals surface area contributed by atoms with Crippen LogP contribution in [-0.2, 0) is 18.4 Å². The highest BCUT2D eigenvalue weighted by atomic mass is 31.2. The average molecular weight is 807 g/mol. The Hall–Kier alpha value is -1.80. The molecule has 0 bridgehead atoms. The molecule has 0 saturated carbocycles. The molecule has 0 aliphatic heterocycles. The molecule has 0 aromatic heterocycles. The van der Waals surface area contributed by atoms with Gasteiger partial charge in [0.15, 0.2) is 0 Å². The molecule has 8 nitrogen and oxygen atoms in total. The fourth-order valence-corrected chi connectivity index (χ4v) is 6.87. The third-order valence-corrected chi connectivity index (χ3v) is 10.7. The molecule has 9 heteroatoms. The Morgan fingerprint density at radius 1 is 0.643 bits per heavy atom. The number of allylic oxidation sites excluding steroid dienone is 9. The van der Waals surface area contributed by atoms with Crippen LogP contribution < -0.4 is 10.2 Å². The second-order valence-corrected chi connectivity index (χ2v) is 17.8. The van der Waals surface area contributed by atoms with Crippen molar-refractivity contribution in [1.82, 2.24) is 5.32 Å². The molecular formula is C47H87N2O6P. The Bertz CT molecular complexity index is 1100. The van der Waals surface area contributed by atoms with Crippen LogP contribution in [0.15, 0.2) is 60.8 Å². The first-order chi connectivity index (χ1) is 27.0. The fourth-order valence-electron chi connectivity index (χ4n) is 6.15. The molecule has 3 atom stereocenters. The van der Waals surface area contributed by atoms with E-state index in [9.17, 15) is 19.4 Å². The number of quaternary nitrogens is 1. The summed E-state index contributed by atoms with van der Waals surface area (Å²) < 4.78 is 22.9. The molecular weight excluding hydrogens is 719 g/mol. The molecule has 3 unspecified atom stereocenters. The lowest BCUT2D eigenvalue weighted by molar-refractivity contribution is -0.870. The highest BCUT2D eigenvalue weighted by molar-refractivity contribution is 7.45. The SMILES string of the molecule is CC/C=C\C/C=C\C/C=C\C/C=C\CCCCCCCCCCCCCCCCCCCCC(=O)NC(COP(=O)([O-])OCC[N+](C)(C)C)C(O)/C=C/CCC. The number of hydrogen-bond acceptors (Lipinski definition) is 6. The number of phosphoric ester groups is 1. The molecule has 0 aliphatic carbocycles. The zero-order valence-electron chi connectivity index (χ0n) is 36.8. The summed E-state index contributed by atoms with van der Waals surface area (Å²) >= 11 is 0. The van der Waals surface area contributed by atoms with Gasteiger partial charge in [0.25, 0.3) is 7.82 Å². The molecule has 326 valence electrons. The van der Waals surface area contributed by atoms with Gasteiger partial charge in [0.05, 0.1) is 39.9 Å². The van der Waals surface area contributed by atoms with Crippen molar-refractivity contribution in [2.75, 3.05) is 40.9 Å². The van der Waals surface area contributed by atoms with Gasteiger partial charge >= 0.3 is 0 Å². The summed E-state index contributed by atoms with van der Waals surface area (Å²) in [5, 5.41) is 13.4. The number of nitrogens with one attached hydrogen (secondary N) is 1. The number of hydrogen-bond donors (Lipinski definition) is 2. The van der Waals surface area contributed by atoms with Crippen molar-refractivity contribution in [3.8, 4) is 0 Å². The highest BCUT2D eigenvalue weighted by Crippen LogP contribution is 2.38. The molecule has 0 radical (unpaired) electrons. The molecule has 0 spiro atoms. The number of rotatable bonds is 40. The smallest absolute Gasteiger partial charge is 0.268 e. The maximum atomic E-state index is 12.7. The van der Waals surface area contributed by atoms with Crippen LogP contribution in [0, 0.1) is 0 Å². The van der Waals surface area contributed by atoms with Crippen molar-refractivity contribution in [2.24, 2.45) is 0 Å². The summed E-state index contributed by atoms with van der Waals surface area (Å²) in [6, 6.07) is -0.882. The van der Waals surface area contributed by atoms with Crippen LogP contribution in [-0.4, -0.2) is 68.5 Å². The first kappa shape index (κ1) is 54.2. The van der Waals surface area contributed by atoms with Gasteiger partial charge in [-0.2, -0.15) is 0 Å². The molecule has 0 aromatic carbocycles. The molecule has 56 heavy (non-hydrogen) atoms. The number of phosphoric acid groups is 1. The quantitative estimate of drug-likeness (QED) is 0.0276. The van der Waals surface area contributed by atoms with Crippen LogP contribution in [0.25, 0.3) is 0 Å². The van der Waals surface area contributed by atoms with E-state index in [2.05, 4.69) is 60.8 Å². The Labute approximate surface area is 345 Å². The van der Waals surface area contributed by atoms with Gasteiger partial charge in [-0.15, -0.1) is 0 Å². The maximum Gasteiger partial charge on any atom is 0.268 e. The van der Waals surface area contributed by atoms with Crippen molar-refractivity contribution < 1.29 is 32.9 Å². The van der Waals surface area contributed by atoms with E-state index in [-0.39, 0.29) is 19.1 Å². The van der Waals surface area contributed by atoms with E-state index in [4.69, 9.17) is 9.05 Å². The van der Waals surface area contributed by atoms with E-state index in [0.717, 1.165) is 57.8 Å². The van der Waals surface area contributed by atoms with Crippen molar-refractivity contribution in [1.29, 1.82) is 0 Å². The molecule has 0 aromatic rings. The molecule has 0 fully saturated rings. The number of unbranched alkanes of at least 4 members (excludes halogenated alkanes) is 19. The Balaban J connectivity index is 3.78. The van der Waals surface area contributed by atoms with Crippen LogP contribution in [0.5, 0.6) is 0 Å². The van der Waals surface area contributed by atoms with E-state index >= 15 is 0 Å². The van der Waals surface area contributed by atoms with E-state index in [0.29, 0.717) is 17.4 Å². The lowest BCUT2D eigenvalue weighted by Gasteiger charge is -2.29. The van der Waals surface area contributed by atoms with Gasteiger partial charge in [0.2, 0.25) is 5.91 Å². The van der Waals surface area contributed by atoms with Gasteiger partial charge in [-0.3, -0.25) is 9.36 Å². The number of carbonyl (C=O) groups is 1. The number of aliphatic hydroxyl groups excluding tert-OH is 1. The van der Waals surface area contributed by atoms with Gasteiger partial charge in [-0.05, 0) is 51.4 Å². The number of nitrogens with zero attached hydrogens (tertiary/aromatic N) is 1. The monoisotopic (exact) mass is 807 g/mol. The molecule has 0 rings (SSSR count). The highest BCUT2D eigenvalue weighted by Gasteiger charge is 2.23. The largest absolute Gasteiger partial charge is 0.756 e. The van der Waals surface area contributed by atoms with E-state index in [1.807, 2.05) is 34.1 Å². The summed E-state index contributed by atoms with van der Waals surface area (Å²) in [5.74, 6) is -0.211. The van der Waals surface area contributed by atoms with Crippen molar-refractivity contribution in [3.05, 3.63) is 60.8 Å². The van der Waals surface area contributed by atoms with Crippen LogP contribution in [0.4, 0.5) is 0 Å². The fraction of sp³-hybridized carbons (Fsp3) is 0.766. The van der Waals surface area contributed by atoms with Gasteiger partial charge in [-0.1, -0.05) is 184 Å². The number of carbonyl (C=O) groups excluding carboxylic acids is 1. The van der Waals surface area contributed by atoms with Crippen LogP contribution in [0.2, 0.25) is 0 Å². The van der Waals surface area contributed by atoms with Crippen molar-refractivity contribution in [3.63, 3.8) is 0 Å². The topological polar surface area (TPSA) is 108 Å². The number of aliphatic hydroxyl groups is 1. The standard InChI is InChI=1S/C47H87N2O6P/c1-6-8-10-11-12-13-14-15-16-17-18-19-20-21-22-23-24-25-26-27-28-29-30-31-32-33-34-35-36-37-39-41-47(51)48-45(46(50)40-38-9-7-2)44-55-56(52,53)54-43-42-49(3,4)5/h8,10,12-13,15-16,18-19,38,40,45-46,50H,6-7,9,11,14,17,20-37,39,41-44H2,1-5H3,(H-,48,51,52,53)/b10-8-,13-12-,16-15-,19-18-,40-38+. The van der Waals surface area contributed by atoms with Gasteiger partial charge in [0, 0.05) is 6.42 Å². The minimum absolute atomic E-state index is 0.00361. The minimum atomic E-state index is -4.56. The Morgan fingerprint density at radius 3 is 1.55 bits per heavy atom. The lowest BCUT2D eigenvalue weighted by Crippen LogP contribution is -2.45. The summed E-state index contributed by atoms with van der Waals surface area (Å²) in [7, 11) is 1.25. The number of likely N-dealkylation sites (N-methyl/N-ethyl adjacent to an activating group) is 1. The van der Waals surface area contributed by atoms with Crippen LogP contribution in [0.3, 0.4) is 0 Å². The van der Waals surface area contributed by atoms with E-state index < -0.39 is 20.0 Å². The molecule has 0 aliphatic rings. The third-order valence-electron chi connectivity index (χ3n) is 9.71. The second kappa shape index (κ2) is 38.7. The van der Waals surface area contributed by atoms with Crippen LogP contribution in [0.1, 0.15) is 181 Å². The van der Waals surface area contributed by atoms with Gasteiger partial charge in [-0.25, -0.2) is 0 Å². The summed E-state index contributed by atoms with van der Waals surface area (Å²) in [6.45, 7) is 4.30. The minimum Gasteiger partial charge on any atom is -0.756 e. The van der Waals surface area contributed by atoms with Crippen LogP contribution >= 0.6 is 7.82 Å². The first-order valence-corrected chi connectivity index (χ1v) is 24.1. The summed E-state index contributed by atoms with van der Waals surface area (Å²) in [6.07, 6.45) is 51.0. The lowest BCUT2D eigenvalue weighted by atomic mass is 10.0. The predicted molar refractivity (Wildman–Crippen MR) is 237 cm³/mol. The Morgan fingerprint density at radius 2 is 1.09 bits per heavy atom. The normalized spacial score (nSPS) is 14.9. The molecule has 2 N–H and O–H groups in total. The zero-order chi connectivity index (χ0) is 41.4. The van der Waals surface area contributed by atoms with Crippen molar-refractivity contribution in [2.45, 2.75) is 193 Å². The molecule has 0 saturated heterocycles. The van der Waals surface area contributed by atoms with Crippen molar-refractivity contribution >= 4 is 13.7 Å². The maximum absolute atomic E-state index is 12.7. The van der Waals surface area contributed by atoms with E-state index in [1.54, 1.807) is 6.08 Å². The average Bonchev–Trinajstić information content (AvgIpc) is 3.15. The first-order valence-electron chi connectivity index (χ1n) is 22.7. The number of amides is 1.